The Morgan fingerprint density at radius 1 is 1.27 bits per heavy atom. The number of rotatable bonds is 2. The second-order valence-corrected chi connectivity index (χ2v) is 4.49. The SMILES string of the molecule is CC(C)C1CC(=O)/C1=C/c1ccccc1. The fourth-order valence-electron chi connectivity index (χ4n) is 2.01. The number of ketones is 1. The van der Waals surface area contributed by atoms with Crippen molar-refractivity contribution in [1.29, 1.82) is 0 Å². The fourth-order valence-corrected chi connectivity index (χ4v) is 2.01. The van der Waals surface area contributed by atoms with E-state index >= 15 is 0 Å². The van der Waals surface area contributed by atoms with Gasteiger partial charge in [0.15, 0.2) is 5.78 Å². The van der Waals surface area contributed by atoms with Crippen LogP contribution in [0.15, 0.2) is 35.9 Å². The van der Waals surface area contributed by atoms with E-state index in [1.807, 2.05) is 36.4 Å². The lowest BCUT2D eigenvalue weighted by molar-refractivity contribution is -0.121. The molecular weight excluding hydrogens is 184 g/mol. The lowest BCUT2D eigenvalue weighted by atomic mass is 9.71. The molecule has 0 saturated heterocycles. The smallest absolute Gasteiger partial charge is 0.159 e. The van der Waals surface area contributed by atoms with Gasteiger partial charge in [0, 0.05) is 6.42 Å². The van der Waals surface area contributed by atoms with Crippen molar-refractivity contribution >= 4 is 11.9 Å². The third kappa shape index (κ3) is 2.01. The van der Waals surface area contributed by atoms with Gasteiger partial charge in [-0.2, -0.15) is 0 Å². The molecule has 2 rings (SSSR count). The van der Waals surface area contributed by atoms with Crippen LogP contribution in [-0.2, 0) is 4.79 Å². The van der Waals surface area contributed by atoms with Crippen LogP contribution in [0.2, 0.25) is 0 Å². The maximum absolute atomic E-state index is 11.5. The van der Waals surface area contributed by atoms with Crippen LogP contribution in [0.3, 0.4) is 0 Å². The number of allylic oxidation sites excluding steroid dienone is 1. The second-order valence-electron chi connectivity index (χ2n) is 4.49. The molecule has 1 aliphatic carbocycles. The maximum Gasteiger partial charge on any atom is 0.159 e. The monoisotopic (exact) mass is 200 g/mol. The van der Waals surface area contributed by atoms with Crippen LogP contribution in [0, 0.1) is 11.8 Å². The maximum atomic E-state index is 11.5. The lowest BCUT2D eigenvalue weighted by Crippen LogP contribution is -2.31. The van der Waals surface area contributed by atoms with E-state index in [-0.39, 0.29) is 0 Å². The molecule has 1 nitrogen and oxygen atoms in total. The number of Topliss-reactive ketones (excluding diaryl/α,β-unsaturated/α-hetero) is 1. The van der Waals surface area contributed by atoms with Crippen LogP contribution in [0.5, 0.6) is 0 Å². The number of hydrogen-bond acceptors (Lipinski definition) is 1. The first-order chi connectivity index (χ1) is 7.18. The van der Waals surface area contributed by atoms with Gasteiger partial charge in [0.05, 0.1) is 0 Å². The lowest BCUT2D eigenvalue weighted by Gasteiger charge is -2.31. The van der Waals surface area contributed by atoms with Crippen LogP contribution in [0.4, 0.5) is 0 Å². The van der Waals surface area contributed by atoms with E-state index in [1.54, 1.807) is 0 Å². The van der Waals surface area contributed by atoms with Gasteiger partial charge in [-0.25, -0.2) is 0 Å². The van der Waals surface area contributed by atoms with Crippen molar-refractivity contribution in [2.45, 2.75) is 20.3 Å². The minimum absolute atomic E-state index is 0.317. The molecule has 1 aromatic carbocycles. The summed E-state index contributed by atoms with van der Waals surface area (Å²) in [4.78, 5) is 11.5. The molecule has 1 heteroatoms. The van der Waals surface area contributed by atoms with E-state index in [0.29, 0.717) is 17.6 Å². The van der Waals surface area contributed by atoms with Gasteiger partial charge in [0.1, 0.15) is 0 Å². The predicted octanol–water partition coefficient (Wildman–Crippen LogP) is 3.32. The van der Waals surface area contributed by atoms with Gasteiger partial charge in [0.2, 0.25) is 0 Å². The molecule has 0 radical (unpaired) electrons. The summed E-state index contributed by atoms with van der Waals surface area (Å²) in [6.07, 6.45) is 2.77. The Kier molecular flexibility index (Phi) is 2.72. The molecule has 1 aromatic rings. The Labute approximate surface area is 90.8 Å². The predicted molar refractivity (Wildman–Crippen MR) is 62.4 cm³/mol. The van der Waals surface area contributed by atoms with Crippen molar-refractivity contribution < 1.29 is 4.79 Å². The van der Waals surface area contributed by atoms with Crippen molar-refractivity contribution in [3.05, 3.63) is 41.5 Å². The second kappa shape index (κ2) is 4.01. The molecule has 1 saturated carbocycles. The summed E-state index contributed by atoms with van der Waals surface area (Å²) in [5.41, 5.74) is 2.14. The highest BCUT2D eigenvalue weighted by Gasteiger charge is 2.34. The van der Waals surface area contributed by atoms with Gasteiger partial charge >= 0.3 is 0 Å². The summed E-state index contributed by atoms with van der Waals surface area (Å²) in [7, 11) is 0. The molecule has 0 aliphatic heterocycles. The molecule has 0 amide bonds. The van der Waals surface area contributed by atoms with Gasteiger partial charge in [-0.3, -0.25) is 4.79 Å². The quantitative estimate of drug-likeness (QED) is 0.669. The third-order valence-corrected chi connectivity index (χ3v) is 3.05. The Morgan fingerprint density at radius 2 is 1.93 bits per heavy atom. The van der Waals surface area contributed by atoms with E-state index in [4.69, 9.17) is 0 Å². The summed E-state index contributed by atoms with van der Waals surface area (Å²) in [6, 6.07) is 10.1. The zero-order chi connectivity index (χ0) is 10.8. The molecule has 1 fully saturated rings. The molecule has 1 aliphatic rings. The zero-order valence-corrected chi connectivity index (χ0v) is 9.23. The van der Waals surface area contributed by atoms with Crippen LogP contribution < -0.4 is 0 Å². The number of hydrogen-bond donors (Lipinski definition) is 0. The minimum Gasteiger partial charge on any atom is -0.295 e. The summed E-state index contributed by atoms with van der Waals surface area (Å²) in [5, 5.41) is 0. The molecule has 0 N–H and O–H groups in total. The van der Waals surface area contributed by atoms with Crippen molar-refractivity contribution in [3.8, 4) is 0 Å². The van der Waals surface area contributed by atoms with Crippen LogP contribution in [-0.4, -0.2) is 5.78 Å². The van der Waals surface area contributed by atoms with Crippen molar-refractivity contribution in [2.75, 3.05) is 0 Å². The first-order valence-electron chi connectivity index (χ1n) is 5.48. The average Bonchev–Trinajstić information content (AvgIpc) is 2.23. The summed E-state index contributed by atoms with van der Waals surface area (Å²) in [6.45, 7) is 4.35. The molecule has 1 unspecified atom stereocenters. The van der Waals surface area contributed by atoms with E-state index in [2.05, 4.69) is 13.8 Å². The molecule has 1 atom stereocenters. The van der Waals surface area contributed by atoms with Crippen LogP contribution in [0.25, 0.3) is 6.08 Å². The number of benzene rings is 1. The third-order valence-electron chi connectivity index (χ3n) is 3.05. The largest absolute Gasteiger partial charge is 0.295 e. The topological polar surface area (TPSA) is 17.1 Å². The Bertz CT molecular complexity index is 387. The Balaban J connectivity index is 2.23. The molecule has 0 aromatic heterocycles. The summed E-state index contributed by atoms with van der Waals surface area (Å²) < 4.78 is 0. The molecule has 78 valence electrons. The molecule has 0 heterocycles. The van der Waals surface area contributed by atoms with E-state index in [0.717, 1.165) is 17.6 Å². The Hall–Kier alpha value is -1.37. The number of carbonyl (C=O) groups excluding carboxylic acids is 1. The highest BCUT2D eigenvalue weighted by molar-refractivity contribution is 6.06. The van der Waals surface area contributed by atoms with Gasteiger partial charge in [-0.05, 0) is 29.0 Å². The van der Waals surface area contributed by atoms with Gasteiger partial charge < -0.3 is 0 Å². The minimum atomic E-state index is 0.317. The normalized spacial score (nSPS) is 23.3. The molecular formula is C14H16O. The molecule has 0 bridgehead atoms. The average molecular weight is 200 g/mol. The van der Waals surface area contributed by atoms with E-state index < -0.39 is 0 Å². The first kappa shape index (κ1) is 10.2. The summed E-state index contributed by atoms with van der Waals surface area (Å²) in [5.74, 6) is 1.35. The van der Waals surface area contributed by atoms with Crippen molar-refractivity contribution in [1.82, 2.24) is 0 Å². The van der Waals surface area contributed by atoms with Crippen molar-refractivity contribution in [2.24, 2.45) is 11.8 Å². The fraction of sp³-hybridized carbons (Fsp3) is 0.357. The van der Waals surface area contributed by atoms with Gasteiger partial charge in [-0.1, -0.05) is 44.2 Å². The highest BCUT2D eigenvalue weighted by Crippen LogP contribution is 2.36. The van der Waals surface area contributed by atoms with E-state index in [1.165, 1.54) is 0 Å². The van der Waals surface area contributed by atoms with Crippen LogP contribution >= 0.6 is 0 Å². The Morgan fingerprint density at radius 3 is 2.47 bits per heavy atom. The number of carbonyl (C=O) groups is 1. The van der Waals surface area contributed by atoms with E-state index in [9.17, 15) is 4.79 Å². The van der Waals surface area contributed by atoms with Gasteiger partial charge in [0.25, 0.3) is 0 Å². The van der Waals surface area contributed by atoms with Crippen LogP contribution in [0.1, 0.15) is 25.8 Å². The zero-order valence-electron chi connectivity index (χ0n) is 9.23. The molecule has 15 heavy (non-hydrogen) atoms. The van der Waals surface area contributed by atoms with Crippen molar-refractivity contribution in [3.63, 3.8) is 0 Å². The first-order valence-corrected chi connectivity index (χ1v) is 5.48. The highest BCUT2D eigenvalue weighted by atomic mass is 16.1. The van der Waals surface area contributed by atoms with Gasteiger partial charge in [-0.15, -0.1) is 0 Å². The summed E-state index contributed by atoms with van der Waals surface area (Å²) >= 11 is 0. The molecule has 0 spiro atoms. The standard InChI is InChI=1S/C14H16O/c1-10(2)12-9-14(15)13(12)8-11-6-4-3-5-7-11/h3-8,10,12H,9H2,1-2H3/b13-8+.